The number of aryl methyl sites for hydroxylation is 1. The van der Waals surface area contributed by atoms with Crippen LogP contribution >= 0.6 is 0 Å². The number of hydrogen-bond acceptors (Lipinski definition) is 7. The average molecular weight is 635 g/mol. The van der Waals surface area contributed by atoms with Gasteiger partial charge < -0.3 is 20.7 Å². The number of aromatic nitrogens is 1. The van der Waals surface area contributed by atoms with Gasteiger partial charge in [-0.25, -0.2) is 9.78 Å². The topological polar surface area (TPSA) is 126 Å². The van der Waals surface area contributed by atoms with E-state index in [1.54, 1.807) is 30.5 Å². The van der Waals surface area contributed by atoms with Crippen molar-refractivity contribution >= 4 is 40.3 Å². The summed E-state index contributed by atoms with van der Waals surface area (Å²) in [5.74, 6) is -4.42. The smallest absolute Gasteiger partial charge is 0.386 e. The van der Waals surface area contributed by atoms with Crippen LogP contribution in [0.2, 0.25) is 0 Å². The molecule has 0 fully saturated rings. The zero-order chi connectivity index (χ0) is 33.1. The number of nitrogens with zero attached hydrogens (tertiary/aromatic N) is 1. The Labute approximate surface area is 263 Å². The average Bonchev–Trinajstić information content (AvgIpc) is 3.02. The Bertz CT molecular complexity index is 1690. The van der Waals surface area contributed by atoms with Crippen molar-refractivity contribution in [1.82, 2.24) is 15.6 Å². The summed E-state index contributed by atoms with van der Waals surface area (Å²) in [4.78, 5) is 52.7. The third kappa shape index (κ3) is 10.1. The predicted molar refractivity (Wildman–Crippen MR) is 166 cm³/mol. The standard InChI is InChI=1S/C34H33F3N4O5/c1-22-15-17-39-29(18-22)38-16-5-4-8-30(42)40-21-31(43)41-28(20-32(44)46-33(45)34(35,36)37)25-12-9-24(10-13-25)27-14-11-23-6-2-3-7-26(23)19-27/h2-3,6-7,9-15,17-19,28H,4-5,8,16,20-21H2,1H3,(H,38,39)(H,40,42)(H,41,43). The van der Waals surface area contributed by atoms with E-state index in [1.807, 2.05) is 61.5 Å². The highest BCUT2D eigenvalue weighted by atomic mass is 19.4. The van der Waals surface area contributed by atoms with E-state index >= 15 is 0 Å². The molecular formula is C34H33F3N4O5. The molecule has 0 saturated heterocycles. The Morgan fingerprint density at radius 3 is 2.28 bits per heavy atom. The van der Waals surface area contributed by atoms with Crippen LogP contribution in [0.5, 0.6) is 0 Å². The Balaban J connectivity index is 1.34. The zero-order valence-corrected chi connectivity index (χ0v) is 25.0. The molecule has 0 saturated carbocycles. The number of pyridine rings is 1. The summed E-state index contributed by atoms with van der Waals surface area (Å²) in [6.07, 6.45) is -3.00. The van der Waals surface area contributed by atoms with Crippen molar-refractivity contribution in [3.05, 3.63) is 96.2 Å². The van der Waals surface area contributed by atoms with Gasteiger partial charge in [0.05, 0.1) is 19.0 Å². The summed E-state index contributed by atoms with van der Waals surface area (Å²) in [5, 5.41) is 10.3. The summed E-state index contributed by atoms with van der Waals surface area (Å²) in [7, 11) is 0. The van der Waals surface area contributed by atoms with Crippen LogP contribution in [0.3, 0.4) is 0 Å². The SMILES string of the molecule is Cc1ccnc(NCCCCC(=O)NCC(=O)NC(CC(=O)OC(=O)C(F)(F)F)c2ccc(-c3ccc4ccccc4c3)cc2)c1. The molecule has 240 valence electrons. The molecular weight excluding hydrogens is 601 g/mol. The number of halogens is 3. The van der Waals surface area contributed by atoms with Crippen LogP contribution in [0, 0.1) is 6.92 Å². The number of alkyl halides is 3. The number of esters is 2. The minimum absolute atomic E-state index is 0.168. The van der Waals surface area contributed by atoms with Crippen LogP contribution < -0.4 is 16.0 Å². The first-order chi connectivity index (χ1) is 22.0. The lowest BCUT2D eigenvalue weighted by Gasteiger charge is -2.19. The number of rotatable bonds is 13. The Morgan fingerprint density at radius 2 is 1.57 bits per heavy atom. The van der Waals surface area contributed by atoms with Crippen molar-refractivity contribution < 1.29 is 37.1 Å². The number of benzene rings is 3. The fourth-order valence-electron chi connectivity index (χ4n) is 4.67. The number of amides is 2. The van der Waals surface area contributed by atoms with Gasteiger partial charge in [-0.15, -0.1) is 0 Å². The van der Waals surface area contributed by atoms with Gasteiger partial charge in [-0.1, -0.05) is 60.7 Å². The number of nitrogens with one attached hydrogen (secondary N) is 3. The second-order valence-corrected chi connectivity index (χ2v) is 10.6. The maximum Gasteiger partial charge on any atom is 0.491 e. The largest absolute Gasteiger partial charge is 0.491 e. The predicted octanol–water partition coefficient (Wildman–Crippen LogP) is 5.79. The summed E-state index contributed by atoms with van der Waals surface area (Å²) in [6, 6.07) is 23.1. The third-order valence-corrected chi connectivity index (χ3v) is 7.04. The normalized spacial score (nSPS) is 11.8. The van der Waals surface area contributed by atoms with Crippen molar-refractivity contribution in [2.45, 2.75) is 44.8 Å². The zero-order valence-electron chi connectivity index (χ0n) is 25.0. The molecule has 0 spiro atoms. The molecule has 0 bridgehead atoms. The van der Waals surface area contributed by atoms with Crippen molar-refractivity contribution in [3.63, 3.8) is 0 Å². The van der Waals surface area contributed by atoms with E-state index in [1.165, 1.54) is 0 Å². The highest BCUT2D eigenvalue weighted by Gasteiger charge is 2.42. The molecule has 12 heteroatoms. The highest BCUT2D eigenvalue weighted by molar-refractivity contribution is 5.90. The first-order valence-electron chi connectivity index (χ1n) is 14.6. The fourth-order valence-corrected chi connectivity index (χ4v) is 4.67. The maximum absolute atomic E-state index is 12.7. The van der Waals surface area contributed by atoms with E-state index in [0.717, 1.165) is 33.3 Å². The monoisotopic (exact) mass is 634 g/mol. The van der Waals surface area contributed by atoms with Crippen LogP contribution in [-0.4, -0.2) is 48.0 Å². The summed E-state index contributed by atoms with van der Waals surface area (Å²) in [5.41, 5.74) is 3.19. The quantitative estimate of drug-likeness (QED) is 0.0966. The number of carbonyl (C=O) groups excluding carboxylic acids is 4. The van der Waals surface area contributed by atoms with Crippen LogP contribution in [0.25, 0.3) is 21.9 Å². The van der Waals surface area contributed by atoms with Crippen LogP contribution in [0.4, 0.5) is 19.0 Å². The fraction of sp³-hybridized carbons (Fsp3) is 0.265. The summed E-state index contributed by atoms with van der Waals surface area (Å²) < 4.78 is 41.9. The van der Waals surface area contributed by atoms with Crippen molar-refractivity contribution in [3.8, 4) is 11.1 Å². The number of carbonyl (C=O) groups is 4. The molecule has 1 atom stereocenters. The van der Waals surface area contributed by atoms with Gasteiger partial charge in [-0.3, -0.25) is 14.4 Å². The van der Waals surface area contributed by atoms with Gasteiger partial charge in [-0.2, -0.15) is 13.2 Å². The van der Waals surface area contributed by atoms with Crippen LogP contribution in [0.15, 0.2) is 85.1 Å². The lowest BCUT2D eigenvalue weighted by Crippen LogP contribution is -2.39. The molecule has 46 heavy (non-hydrogen) atoms. The lowest BCUT2D eigenvalue weighted by atomic mass is 9.97. The summed E-state index contributed by atoms with van der Waals surface area (Å²) in [6.45, 7) is 2.14. The number of unbranched alkanes of at least 4 members (excludes halogenated alkanes) is 1. The van der Waals surface area contributed by atoms with Crippen LogP contribution in [-0.2, 0) is 23.9 Å². The molecule has 3 N–H and O–H groups in total. The maximum atomic E-state index is 12.7. The second-order valence-electron chi connectivity index (χ2n) is 10.6. The van der Waals surface area contributed by atoms with E-state index in [0.29, 0.717) is 24.9 Å². The molecule has 0 aliphatic rings. The van der Waals surface area contributed by atoms with Crippen molar-refractivity contribution in [2.24, 2.45) is 0 Å². The molecule has 0 aliphatic carbocycles. The van der Waals surface area contributed by atoms with Gasteiger partial charge in [0.1, 0.15) is 5.82 Å². The molecule has 4 rings (SSSR count). The first kappa shape index (κ1) is 33.6. The first-order valence-corrected chi connectivity index (χ1v) is 14.6. The van der Waals surface area contributed by atoms with Gasteiger partial charge in [-0.05, 0) is 71.0 Å². The Morgan fingerprint density at radius 1 is 0.848 bits per heavy atom. The second kappa shape index (κ2) is 15.6. The van der Waals surface area contributed by atoms with Crippen molar-refractivity contribution in [1.29, 1.82) is 0 Å². The van der Waals surface area contributed by atoms with Gasteiger partial charge in [0.2, 0.25) is 11.8 Å². The molecule has 1 aromatic heterocycles. The molecule has 0 aliphatic heterocycles. The third-order valence-electron chi connectivity index (χ3n) is 7.04. The van der Waals surface area contributed by atoms with E-state index < -0.39 is 43.0 Å². The Hall–Kier alpha value is -5.26. The van der Waals surface area contributed by atoms with E-state index in [4.69, 9.17) is 0 Å². The van der Waals surface area contributed by atoms with E-state index in [2.05, 4.69) is 25.7 Å². The number of anilines is 1. The number of hydrogen-bond donors (Lipinski definition) is 3. The highest BCUT2D eigenvalue weighted by Crippen LogP contribution is 2.27. The van der Waals surface area contributed by atoms with Gasteiger partial charge in [0.15, 0.2) is 0 Å². The minimum Gasteiger partial charge on any atom is -0.386 e. The van der Waals surface area contributed by atoms with E-state index in [9.17, 15) is 32.3 Å². The van der Waals surface area contributed by atoms with Gasteiger partial charge in [0.25, 0.3) is 0 Å². The molecule has 1 unspecified atom stereocenters. The molecule has 1 heterocycles. The van der Waals surface area contributed by atoms with Gasteiger partial charge >= 0.3 is 18.1 Å². The van der Waals surface area contributed by atoms with Crippen molar-refractivity contribution in [2.75, 3.05) is 18.4 Å². The van der Waals surface area contributed by atoms with Gasteiger partial charge in [0, 0.05) is 19.2 Å². The minimum atomic E-state index is -5.35. The molecule has 2 amide bonds. The Kier molecular flexibility index (Phi) is 11.4. The lowest BCUT2D eigenvalue weighted by molar-refractivity contribution is -0.202. The summed E-state index contributed by atoms with van der Waals surface area (Å²) >= 11 is 0. The molecule has 0 radical (unpaired) electrons. The van der Waals surface area contributed by atoms with Crippen LogP contribution in [0.1, 0.15) is 42.9 Å². The van der Waals surface area contributed by atoms with E-state index in [-0.39, 0.29) is 12.3 Å². The number of fused-ring (bicyclic) bond motifs is 1. The molecule has 9 nitrogen and oxygen atoms in total. The number of ether oxygens (including phenoxy) is 1. The molecule has 3 aromatic carbocycles. The molecule has 4 aromatic rings.